The minimum Gasteiger partial charge on any atom is -0.465 e. The van der Waals surface area contributed by atoms with Gasteiger partial charge in [-0.2, -0.15) is 0 Å². The summed E-state index contributed by atoms with van der Waals surface area (Å²) in [7, 11) is 0. The van der Waals surface area contributed by atoms with E-state index in [2.05, 4.69) is 0 Å². The van der Waals surface area contributed by atoms with Crippen molar-refractivity contribution < 1.29 is 15.0 Å². The Kier molecular flexibility index (Phi) is 1.57. The summed E-state index contributed by atoms with van der Waals surface area (Å²) in [5.41, 5.74) is 0. The third kappa shape index (κ3) is 1.32. The molecule has 1 atom stereocenters. The maximum absolute atomic E-state index is 10.1. The molecular formula is C5H9NO3. The Hall–Kier alpha value is -0.770. The van der Waals surface area contributed by atoms with Crippen LogP contribution in [0.2, 0.25) is 0 Å². The lowest BCUT2D eigenvalue weighted by molar-refractivity contribution is 0.174. The van der Waals surface area contributed by atoms with Gasteiger partial charge in [-0.3, -0.25) is 0 Å². The maximum atomic E-state index is 10.1. The zero-order valence-corrected chi connectivity index (χ0v) is 4.95. The molecule has 2 N–H and O–H groups in total. The lowest BCUT2D eigenvalue weighted by Gasteiger charge is -1.93. The molecule has 4 nitrogen and oxygen atoms in total. The summed E-state index contributed by atoms with van der Waals surface area (Å²) < 4.78 is 0. The molecule has 0 bridgehead atoms. The number of rotatable bonds is 2. The van der Waals surface area contributed by atoms with Gasteiger partial charge in [0.1, 0.15) is 0 Å². The van der Waals surface area contributed by atoms with Crippen LogP contribution >= 0.6 is 0 Å². The molecule has 1 amide bonds. The van der Waals surface area contributed by atoms with Gasteiger partial charge < -0.3 is 15.1 Å². The number of nitrogens with zero attached hydrogens (tertiary/aromatic N) is 1. The van der Waals surface area contributed by atoms with E-state index >= 15 is 0 Å². The molecule has 0 aliphatic carbocycles. The lowest BCUT2D eigenvalue weighted by atomic mass is 10.3. The molecule has 1 aliphatic heterocycles. The van der Waals surface area contributed by atoms with Crippen LogP contribution < -0.4 is 0 Å². The molecule has 0 aromatic heterocycles. The summed E-state index contributed by atoms with van der Waals surface area (Å²) in [5.74, 6) is 0. The number of carboxylic acid groups (broad SMARTS) is 1. The van der Waals surface area contributed by atoms with E-state index in [1.54, 1.807) is 0 Å². The number of aliphatic hydroxyl groups excluding tert-OH is 1. The molecule has 9 heavy (non-hydrogen) atoms. The molecule has 4 heteroatoms. The molecule has 1 saturated heterocycles. The first-order valence-corrected chi connectivity index (χ1v) is 2.86. The number of hydrogen-bond donors (Lipinski definition) is 2. The second-order valence-electron chi connectivity index (χ2n) is 2.10. The molecule has 1 rings (SSSR count). The summed E-state index contributed by atoms with van der Waals surface area (Å²) >= 11 is 0. The molecule has 52 valence electrons. The van der Waals surface area contributed by atoms with E-state index in [-0.39, 0.29) is 12.6 Å². The zero-order chi connectivity index (χ0) is 6.85. The van der Waals surface area contributed by atoms with Crippen LogP contribution in [-0.2, 0) is 0 Å². The van der Waals surface area contributed by atoms with Crippen LogP contribution in [0.25, 0.3) is 0 Å². The summed E-state index contributed by atoms with van der Waals surface area (Å²) in [6, 6.07) is 0.0903. The predicted molar refractivity (Wildman–Crippen MR) is 30.2 cm³/mol. The Morgan fingerprint density at radius 2 is 2.44 bits per heavy atom. The third-order valence-corrected chi connectivity index (χ3v) is 1.42. The first kappa shape index (κ1) is 6.35. The smallest absolute Gasteiger partial charge is 0.407 e. The Labute approximate surface area is 52.7 Å². The molecule has 0 spiro atoms. The highest BCUT2D eigenvalue weighted by Crippen LogP contribution is 2.19. The number of amides is 1. The SMILES string of the molecule is O=C(O)N1C[C@@H]1CCO. The zero-order valence-electron chi connectivity index (χ0n) is 4.95. The van der Waals surface area contributed by atoms with Crippen LogP contribution in [0.3, 0.4) is 0 Å². The average molecular weight is 131 g/mol. The van der Waals surface area contributed by atoms with Gasteiger partial charge in [0.2, 0.25) is 0 Å². The average Bonchev–Trinajstić information content (AvgIpc) is 2.47. The van der Waals surface area contributed by atoms with Gasteiger partial charge in [-0.25, -0.2) is 4.79 Å². The number of hydrogen-bond acceptors (Lipinski definition) is 2. The van der Waals surface area contributed by atoms with Crippen molar-refractivity contribution in [3.05, 3.63) is 0 Å². The Morgan fingerprint density at radius 1 is 1.78 bits per heavy atom. The molecule has 0 aromatic rings. The molecule has 1 aliphatic rings. The van der Waals surface area contributed by atoms with Gasteiger partial charge in [-0.15, -0.1) is 0 Å². The largest absolute Gasteiger partial charge is 0.465 e. The van der Waals surface area contributed by atoms with Crippen LogP contribution in [0, 0.1) is 0 Å². The topological polar surface area (TPSA) is 60.5 Å². The summed E-state index contributed by atoms with van der Waals surface area (Å²) in [5, 5.41) is 16.7. The summed E-state index contributed by atoms with van der Waals surface area (Å²) in [6.45, 7) is 0.671. The van der Waals surface area contributed by atoms with Gasteiger partial charge in [0, 0.05) is 13.2 Å². The fourth-order valence-electron chi connectivity index (χ4n) is 0.810. The van der Waals surface area contributed by atoms with Crippen molar-refractivity contribution in [2.75, 3.05) is 13.2 Å². The van der Waals surface area contributed by atoms with Gasteiger partial charge >= 0.3 is 6.09 Å². The van der Waals surface area contributed by atoms with Gasteiger partial charge in [-0.1, -0.05) is 0 Å². The first-order chi connectivity index (χ1) is 4.25. The Morgan fingerprint density at radius 3 is 2.78 bits per heavy atom. The number of carbonyl (C=O) groups is 1. The minimum atomic E-state index is -0.881. The van der Waals surface area contributed by atoms with Gasteiger partial charge in [-0.05, 0) is 6.42 Å². The predicted octanol–water partition coefficient (Wildman–Crippen LogP) is -0.269. The van der Waals surface area contributed by atoms with E-state index in [1.807, 2.05) is 0 Å². The highest BCUT2D eigenvalue weighted by molar-refractivity contribution is 5.68. The molecule has 1 fully saturated rings. The van der Waals surface area contributed by atoms with Crippen molar-refractivity contribution in [2.24, 2.45) is 0 Å². The van der Waals surface area contributed by atoms with E-state index in [1.165, 1.54) is 4.90 Å². The van der Waals surface area contributed by atoms with Gasteiger partial charge in [0.15, 0.2) is 0 Å². The first-order valence-electron chi connectivity index (χ1n) is 2.86. The van der Waals surface area contributed by atoms with E-state index in [9.17, 15) is 4.79 Å². The van der Waals surface area contributed by atoms with Gasteiger partial charge in [0.05, 0.1) is 6.04 Å². The molecule has 1 heterocycles. The fraction of sp³-hybridized carbons (Fsp3) is 0.800. The van der Waals surface area contributed by atoms with Crippen LogP contribution in [0.5, 0.6) is 0 Å². The van der Waals surface area contributed by atoms with E-state index in [0.717, 1.165) is 0 Å². The van der Waals surface area contributed by atoms with Gasteiger partial charge in [0.25, 0.3) is 0 Å². The van der Waals surface area contributed by atoms with Crippen molar-refractivity contribution in [2.45, 2.75) is 12.5 Å². The van der Waals surface area contributed by atoms with Crippen molar-refractivity contribution in [3.8, 4) is 0 Å². The minimum absolute atomic E-state index is 0.0778. The molecule has 0 aromatic carbocycles. The second kappa shape index (κ2) is 2.23. The molecule has 0 saturated carbocycles. The van der Waals surface area contributed by atoms with Crippen molar-refractivity contribution in [1.29, 1.82) is 0 Å². The Bertz CT molecular complexity index is 125. The maximum Gasteiger partial charge on any atom is 0.407 e. The molecule has 0 unspecified atom stereocenters. The standard InChI is InChI=1S/C5H9NO3/c7-2-1-4-3-6(4)5(8)9/h4,7H,1-3H2,(H,8,9)/t4-,6?/m0/s1. The fourth-order valence-corrected chi connectivity index (χ4v) is 0.810. The summed E-state index contributed by atoms with van der Waals surface area (Å²) in [6.07, 6.45) is -0.305. The molecular weight excluding hydrogens is 122 g/mol. The highest BCUT2D eigenvalue weighted by Gasteiger charge is 2.37. The van der Waals surface area contributed by atoms with Crippen molar-refractivity contribution in [1.82, 2.24) is 4.90 Å². The molecule has 0 radical (unpaired) electrons. The van der Waals surface area contributed by atoms with Crippen LogP contribution in [0.4, 0.5) is 4.79 Å². The highest BCUT2D eigenvalue weighted by atomic mass is 16.4. The summed E-state index contributed by atoms with van der Waals surface area (Å²) in [4.78, 5) is 11.4. The monoisotopic (exact) mass is 131 g/mol. The van der Waals surface area contributed by atoms with Crippen LogP contribution in [0.15, 0.2) is 0 Å². The van der Waals surface area contributed by atoms with Crippen LogP contribution in [0.1, 0.15) is 6.42 Å². The van der Waals surface area contributed by atoms with Crippen molar-refractivity contribution in [3.63, 3.8) is 0 Å². The van der Waals surface area contributed by atoms with Crippen molar-refractivity contribution >= 4 is 6.09 Å². The lowest BCUT2D eigenvalue weighted by Crippen LogP contribution is -2.10. The Balaban J connectivity index is 2.17. The van der Waals surface area contributed by atoms with E-state index in [0.29, 0.717) is 13.0 Å². The third-order valence-electron chi connectivity index (χ3n) is 1.42. The normalized spacial score (nSPS) is 24.1. The number of aliphatic hydroxyl groups is 1. The van der Waals surface area contributed by atoms with E-state index in [4.69, 9.17) is 10.2 Å². The van der Waals surface area contributed by atoms with Crippen LogP contribution in [-0.4, -0.2) is 40.4 Å². The van der Waals surface area contributed by atoms with E-state index < -0.39 is 6.09 Å². The second-order valence-corrected chi connectivity index (χ2v) is 2.10. The quantitative estimate of drug-likeness (QED) is 0.507.